The molecule has 0 saturated carbocycles. The highest BCUT2D eigenvalue weighted by Crippen LogP contribution is 2.32. The van der Waals surface area contributed by atoms with Gasteiger partial charge in [0.25, 0.3) is 15.9 Å². The number of aryl methyl sites for hydroxylation is 2. The van der Waals surface area contributed by atoms with Crippen molar-refractivity contribution in [3.8, 4) is 0 Å². The summed E-state index contributed by atoms with van der Waals surface area (Å²) < 4.78 is 27.9. The Hall–Kier alpha value is -2.49. The van der Waals surface area contributed by atoms with Crippen LogP contribution in [0.2, 0.25) is 5.02 Å². The largest absolute Gasteiger partial charge is 0.308 e. The Labute approximate surface area is 177 Å². The third-order valence-electron chi connectivity index (χ3n) is 4.58. The van der Waals surface area contributed by atoms with Crippen molar-refractivity contribution in [2.45, 2.75) is 24.7 Å². The number of hydrogen-bond acceptors (Lipinski definition) is 6. The number of sulfonamides is 1. The molecule has 4 rings (SSSR count). The van der Waals surface area contributed by atoms with Crippen LogP contribution in [0, 0.1) is 6.92 Å². The summed E-state index contributed by atoms with van der Waals surface area (Å²) in [5.74, 6) is -0.199. The Bertz CT molecular complexity index is 1190. The third kappa shape index (κ3) is 3.98. The summed E-state index contributed by atoms with van der Waals surface area (Å²) in [7, 11) is -3.80. The van der Waals surface area contributed by atoms with Crippen LogP contribution in [0.25, 0.3) is 0 Å². The third-order valence-corrected chi connectivity index (χ3v) is 7.13. The Kier molecular flexibility index (Phi) is 5.28. The molecule has 1 N–H and O–H groups in total. The van der Waals surface area contributed by atoms with Gasteiger partial charge in [0.15, 0.2) is 0 Å². The van der Waals surface area contributed by atoms with Crippen molar-refractivity contribution in [2.24, 2.45) is 0 Å². The number of nitrogens with one attached hydrogen (secondary N) is 1. The molecule has 29 heavy (non-hydrogen) atoms. The van der Waals surface area contributed by atoms with E-state index >= 15 is 0 Å². The van der Waals surface area contributed by atoms with Crippen LogP contribution in [0.1, 0.15) is 27.3 Å². The first-order valence-electron chi connectivity index (χ1n) is 8.87. The zero-order chi connectivity index (χ0) is 20.6. The van der Waals surface area contributed by atoms with Gasteiger partial charge in [0.1, 0.15) is 5.01 Å². The molecule has 0 aliphatic carbocycles. The van der Waals surface area contributed by atoms with E-state index in [0.717, 1.165) is 23.3 Å². The van der Waals surface area contributed by atoms with Crippen molar-refractivity contribution in [2.75, 3.05) is 16.2 Å². The van der Waals surface area contributed by atoms with Crippen LogP contribution in [0.3, 0.4) is 0 Å². The molecular weight excluding hydrogens is 432 g/mol. The topological polar surface area (TPSA) is 92.3 Å². The van der Waals surface area contributed by atoms with Crippen LogP contribution < -0.4 is 9.62 Å². The van der Waals surface area contributed by atoms with Crippen LogP contribution in [-0.2, 0) is 16.4 Å². The normalized spacial score (nSPS) is 13.8. The van der Waals surface area contributed by atoms with Crippen LogP contribution in [0.15, 0.2) is 47.4 Å². The molecule has 1 amide bonds. The van der Waals surface area contributed by atoms with Crippen LogP contribution >= 0.6 is 22.9 Å². The summed E-state index contributed by atoms with van der Waals surface area (Å²) in [5, 5.41) is 8.90. The van der Waals surface area contributed by atoms with Gasteiger partial charge in [-0.2, -0.15) is 0 Å². The highest BCUT2D eigenvalue weighted by atomic mass is 35.5. The Balaban J connectivity index is 1.65. The Morgan fingerprint density at radius 3 is 2.72 bits per heavy atom. The lowest BCUT2D eigenvalue weighted by Gasteiger charge is -2.30. The molecule has 1 aliphatic rings. The zero-order valence-electron chi connectivity index (χ0n) is 15.4. The molecule has 7 nitrogen and oxygen atoms in total. The molecular formula is C19H17ClN4O3S2. The van der Waals surface area contributed by atoms with Crippen molar-refractivity contribution in [1.82, 2.24) is 10.2 Å². The molecule has 3 aromatic rings. The van der Waals surface area contributed by atoms with Crippen molar-refractivity contribution >= 4 is 49.7 Å². The van der Waals surface area contributed by atoms with Crippen LogP contribution in [0.5, 0.6) is 0 Å². The van der Waals surface area contributed by atoms with E-state index in [1.165, 1.54) is 6.07 Å². The quantitative estimate of drug-likeness (QED) is 0.653. The number of carbonyl (C=O) groups excluding carboxylic acids is 1. The molecule has 0 fully saturated rings. The monoisotopic (exact) mass is 448 g/mol. The minimum absolute atomic E-state index is 0.121. The summed E-state index contributed by atoms with van der Waals surface area (Å²) in [5.41, 5.74) is 1.92. The van der Waals surface area contributed by atoms with E-state index in [2.05, 4.69) is 14.9 Å². The van der Waals surface area contributed by atoms with Crippen molar-refractivity contribution in [1.29, 1.82) is 0 Å². The molecule has 1 aliphatic heterocycles. The molecule has 2 aromatic carbocycles. The van der Waals surface area contributed by atoms with E-state index < -0.39 is 10.0 Å². The van der Waals surface area contributed by atoms with Gasteiger partial charge in [-0.3, -0.25) is 9.52 Å². The molecule has 0 bridgehead atoms. The van der Waals surface area contributed by atoms with Gasteiger partial charge in [0.2, 0.25) is 5.13 Å². The number of carbonyl (C=O) groups is 1. The average Bonchev–Trinajstić information content (AvgIpc) is 3.10. The SMILES string of the molecule is Cc1nnc(NS(=O)(=O)c2ccc3c(c2)CCCN3C(=O)c2ccccc2Cl)s1. The summed E-state index contributed by atoms with van der Waals surface area (Å²) >= 11 is 7.35. The molecule has 2 heterocycles. The number of fused-ring (bicyclic) bond motifs is 1. The van der Waals surface area contributed by atoms with Gasteiger partial charge < -0.3 is 4.90 Å². The maximum Gasteiger partial charge on any atom is 0.263 e. The zero-order valence-corrected chi connectivity index (χ0v) is 17.8. The number of anilines is 2. The first kappa shape index (κ1) is 19.8. The minimum Gasteiger partial charge on any atom is -0.308 e. The lowest BCUT2D eigenvalue weighted by molar-refractivity contribution is 0.0985. The molecule has 1 aromatic heterocycles. The van der Waals surface area contributed by atoms with E-state index in [-0.39, 0.29) is 15.9 Å². The highest BCUT2D eigenvalue weighted by molar-refractivity contribution is 7.93. The van der Waals surface area contributed by atoms with E-state index in [1.807, 2.05) is 0 Å². The van der Waals surface area contributed by atoms with Crippen molar-refractivity contribution < 1.29 is 13.2 Å². The van der Waals surface area contributed by atoms with Gasteiger partial charge in [0.05, 0.1) is 15.5 Å². The number of rotatable bonds is 4. The summed E-state index contributed by atoms with van der Waals surface area (Å²) in [6.07, 6.45) is 1.42. The number of aromatic nitrogens is 2. The van der Waals surface area contributed by atoms with E-state index in [1.54, 1.807) is 48.2 Å². The van der Waals surface area contributed by atoms with Crippen molar-refractivity contribution in [3.05, 3.63) is 63.6 Å². The molecule has 0 unspecified atom stereocenters. The molecule has 150 valence electrons. The van der Waals surface area contributed by atoms with Gasteiger partial charge in [-0.05, 0) is 55.7 Å². The number of halogens is 1. The first-order valence-corrected chi connectivity index (χ1v) is 11.6. The fourth-order valence-electron chi connectivity index (χ4n) is 3.24. The van der Waals surface area contributed by atoms with E-state index in [9.17, 15) is 13.2 Å². The fraction of sp³-hybridized carbons (Fsp3) is 0.211. The summed E-state index contributed by atoms with van der Waals surface area (Å²) in [6.45, 7) is 2.30. The highest BCUT2D eigenvalue weighted by Gasteiger charge is 2.27. The van der Waals surface area contributed by atoms with Crippen LogP contribution in [-0.4, -0.2) is 31.1 Å². The van der Waals surface area contributed by atoms with Crippen LogP contribution in [0.4, 0.5) is 10.8 Å². The van der Waals surface area contributed by atoms with Gasteiger partial charge >= 0.3 is 0 Å². The number of hydrogen-bond donors (Lipinski definition) is 1. The average molecular weight is 449 g/mol. The first-order chi connectivity index (χ1) is 13.8. The molecule has 0 atom stereocenters. The Morgan fingerprint density at radius 1 is 1.21 bits per heavy atom. The lowest BCUT2D eigenvalue weighted by Crippen LogP contribution is -2.35. The number of nitrogens with zero attached hydrogens (tertiary/aromatic N) is 3. The number of amides is 1. The van der Waals surface area contributed by atoms with Gasteiger partial charge in [-0.25, -0.2) is 8.42 Å². The van der Waals surface area contributed by atoms with Gasteiger partial charge in [-0.15, -0.1) is 10.2 Å². The van der Waals surface area contributed by atoms with E-state index in [4.69, 9.17) is 11.6 Å². The van der Waals surface area contributed by atoms with Crippen molar-refractivity contribution in [3.63, 3.8) is 0 Å². The second kappa shape index (κ2) is 7.74. The second-order valence-electron chi connectivity index (χ2n) is 6.56. The minimum atomic E-state index is -3.80. The maximum absolute atomic E-state index is 13.0. The van der Waals surface area contributed by atoms with Gasteiger partial charge in [0, 0.05) is 12.2 Å². The fourth-order valence-corrected chi connectivity index (χ4v) is 5.33. The molecule has 0 spiro atoms. The smallest absolute Gasteiger partial charge is 0.263 e. The number of benzene rings is 2. The summed E-state index contributed by atoms with van der Waals surface area (Å²) in [6, 6.07) is 11.7. The molecule has 0 radical (unpaired) electrons. The van der Waals surface area contributed by atoms with Gasteiger partial charge in [-0.1, -0.05) is 35.1 Å². The second-order valence-corrected chi connectivity index (χ2v) is 9.83. The Morgan fingerprint density at radius 2 is 2.00 bits per heavy atom. The predicted molar refractivity (Wildman–Crippen MR) is 113 cm³/mol. The lowest BCUT2D eigenvalue weighted by atomic mass is 10.0. The molecule has 0 saturated heterocycles. The summed E-state index contributed by atoms with van der Waals surface area (Å²) in [4.78, 5) is 14.8. The maximum atomic E-state index is 13.0. The van der Waals surface area contributed by atoms with E-state index in [0.29, 0.717) is 34.2 Å². The standard InChI is InChI=1S/C19H17ClN4O3S2/c1-12-21-22-19(28-12)23-29(26,27)14-8-9-17-13(11-14)5-4-10-24(17)18(25)15-6-2-3-7-16(15)20/h2-3,6-9,11H,4-5,10H2,1H3,(H,22,23). The molecule has 10 heteroatoms. The predicted octanol–water partition coefficient (Wildman–Crippen LogP) is 3.89.